The van der Waals surface area contributed by atoms with E-state index >= 15 is 0 Å². The Balaban J connectivity index is 1.74. The first-order valence-electron chi connectivity index (χ1n) is 9.23. The molecule has 3 aromatic rings. The molecule has 146 valence electrons. The first-order valence-corrected chi connectivity index (χ1v) is 9.61. The molecule has 1 N–H and O–H groups in total. The minimum absolute atomic E-state index is 0.0208. The summed E-state index contributed by atoms with van der Waals surface area (Å²) < 4.78 is 7.18. The number of ether oxygens (including phenoxy) is 1. The molecule has 3 rings (SSSR count). The molecule has 0 spiro atoms. The van der Waals surface area contributed by atoms with E-state index in [9.17, 15) is 9.90 Å². The van der Waals surface area contributed by atoms with Crippen LogP contribution in [0.15, 0.2) is 58.8 Å². The monoisotopic (exact) mass is 399 g/mol. The number of nitrogens with zero attached hydrogens (tertiary/aromatic N) is 3. The Morgan fingerprint density at radius 2 is 1.89 bits per heavy atom. The Kier molecular flexibility index (Phi) is 6.66. The van der Waals surface area contributed by atoms with Crippen LogP contribution in [0.5, 0.6) is 11.6 Å². The fraction of sp³-hybridized carbons (Fsp3) is 0.286. The predicted molar refractivity (Wildman–Crippen MR) is 110 cm³/mol. The van der Waals surface area contributed by atoms with Gasteiger partial charge in [0, 0.05) is 17.0 Å². The molecule has 6 nitrogen and oxygen atoms in total. The number of rotatable bonds is 8. The number of benzene rings is 2. The van der Waals surface area contributed by atoms with Gasteiger partial charge in [-0.25, -0.2) is 0 Å². The molecule has 1 heterocycles. The summed E-state index contributed by atoms with van der Waals surface area (Å²) in [5.74, 6) is -0.00652. The number of hydrogen-bond donors (Lipinski definition) is 1. The van der Waals surface area contributed by atoms with Gasteiger partial charge in [-0.05, 0) is 36.8 Å². The highest BCUT2D eigenvalue weighted by Gasteiger charge is 2.16. The second-order valence-corrected chi connectivity index (χ2v) is 6.82. The molecule has 0 aliphatic rings. The first-order chi connectivity index (χ1) is 13.6. The fourth-order valence-corrected chi connectivity index (χ4v) is 3.05. The molecular weight excluding hydrogens is 378 g/mol. The number of azo groups is 1. The van der Waals surface area contributed by atoms with Gasteiger partial charge < -0.3 is 14.4 Å². The van der Waals surface area contributed by atoms with Crippen molar-refractivity contribution in [2.24, 2.45) is 10.2 Å². The van der Waals surface area contributed by atoms with Crippen LogP contribution in [0, 0.1) is 0 Å². The zero-order chi connectivity index (χ0) is 19.9. The number of para-hydroxylation sites is 1. The first kappa shape index (κ1) is 19.9. The summed E-state index contributed by atoms with van der Waals surface area (Å²) in [6, 6.07) is 14.2. The molecular formula is C21H22ClN3O3. The van der Waals surface area contributed by atoms with E-state index in [0.29, 0.717) is 23.0 Å². The standard InChI is InChI=1S/C21H22ClN3O3/c1-2-3-6-13-25-18-8-5-4-7-17(18)20(21(25)27)24-23-19(26)14-28-16-11-9-15(22)10-12-16/h4-5,7-12,27H,2-3,6,13-14H2,1H3. The SMILES string of the molecule is CCCCCn1c(O)c(N=NC(=O)COc2ccc(Cl)cc2)c2ccccc21. The van der Waals surface area contributed by atoms with E-state index in [1.807, 2.05) is 28.8 Å². The molecule has 1 aromatic heterocycles. The third-order valence-electron chi connectivity index (χ3n) is 4.34. The van der Waals surface area contributed by atoms with Crippen molar-refractivity contribution in [3.8, 4) is 11.6 Å². The van der Waals surface area contributed by atoms with Crippen LogP contribution < -0.4 is 4.74 Å². The van der Waals surface area contributed by atoms with E-state index in [1.54, 1.807) is 24.3 Å². The van der Waals surface area contributed by atoms with Gasteiger partial charge in [0.2, 0.25) is 5.88 Å². The van der Waals surface area contributed by atoms with Crippen LogP contribution in [0.4, 0.5) is 5.69 Å². The fourth-order valence-electron chi connectivity index (χ4n) is 2.93. The lowest BCUT2D eigenvalue weighted by atomic mass is 10.2. The highest BCUT2D eigenvalue weighted by Crippen LogP contribution is 2.39. The zero-order valence-corrected chi connectivity index (χ0v) is 16.4. The number of carbonyl (C=O) groups excluding carboxylic acids is 1. The topological polar surface area (TPSA) is 76.2 Å². The lowest BCUT2D eigenvalue weighted by Crippen LogP contribution is -2.07. The maximum atomic E-state index is 12.0. The van der Waals surface area contributed by atoms with Crippen molar-refractivity contribution >= 4 is 34.1 Å². The van der Waals surface area contributed by atoms with Crippen LogP contribution in [-0.4, -0.2) is 22.2 Å². The predicted octanol–water partition coefficient (Wildman–Crippen LogP) is 5.88. The summed E-state index contributed by atoms with van der Waals surface area (Å²) in [4.78, 5) is 12.0. The molecule has 2 aromatic carbocycles. The van der Waals surface area contributed by atoms with Gasteiger partial charge in [0.15, 0.2) is 12.3 Å². The van der Waals surface area contributed by atoms with Gasteiger partial charge in [-0.15, -0.1) is 10.2 Å². The second-order valence-electron chi connectivity index (χ2n) is 6.38. The zero-order valence-electron chi connectivity index (χ0n) is 15.6. The number of amides is 1. The molecule has 0 saturated carbocycles. The number of unbranched alkanes of at least 4 members (excludes halogenated alkanes) is 2. The van der Waals surface area contributed by atoms with E-state index in [4.69, 9.17) is 16.3 Å². The minimum atomic E-state index is -0.544. The van der Waals surface area contributed by atoms with Crippen LogP contribution in [0.25, 0.3) is 10.9 Å². The lowest BCUT2D eigenvalue weighted by Gasteiger charge is -2.05. The van der Waals surface area contributed by atoms with Gasteiger partial charge in [0.1, 0.15) is 5.75 Å². The Morgan fingerprint density at radius 1 is 1.14 bits per heavy atom. The Labute approximate surface area is 168 Å². The average molecular weight is 400 g/mol. The van der Waals surface area contributed by atoms with Gasteiger partial charge in [-0.3, -0.25) is 4.79 Å². The van der Waals surface area contributed by atoms with Crippen molar-refractivity contribution in [2.45, 2.75) is 32.7 Å². The molecule has 0 saturated heterocycles. The van der Waals surface area contributed by atoms with E-state index in [-0.39, 0.29) is 12.5 Å². The van der Waals surface area contributed by atoms with Crippen molar-refractivity contribution in [1.29, 1.82) is 0 Å². The van der Waals surface area contributed by atoms with Crippen molar-refractivity contribution in [1.82, 2.24) is 4.57 Å². The summed E-state index contributed by atoms with van der Waals surface area (Å²) >= 11 is 5.81. The third-order valence-corrected chi connectivity index (χ3v) is 4.59. The minimum Gasteiger partial charge on any atom is -0.493 e. The highest BCUT2D eigenvalue weighted by molar-refractivity contribution is 6.30. The quantitative estimate of drug-likeness (QED) is 0.379. The van der Waals surface area contributed by atoms with E-state index in [0.717, 1.165) is 30.2 Å². The van der Waals surface area contributed by atoms with Crippen LogP contribution in [-0.2, 0) is 11.3 Å². The van der Waals surface area contributed by atoms with Crippen LogP contribution in [0.3, 0.4) is 0 Å². The number of aromatic hydroxyl groups is 1. The third kappa shape index (κ3) is 4.70. The largest absolute Gasteiger partial charge is 0.493 e. The number of hydrogen-bond acceptors (Lipinski definition) is 4. The molecule has 0 aliphatic heterocycles. The molecule has 0 bridgehead atoms. The highest BCUT2D eigenvalue weighted by atomic mass is 35.5. The Hall–Kier alpha value is -2.86. The van der Waals surface area contributed by atoms with E-state index in [2.05, 4.69) is 17.2 Å². The molecule has 0 radical (unpaired) electrons. The normalized spacial score (nSPS) is 11.4. The molecule has 0 unspecified atom stereocenters. The van der Waals surface area contributed by atoms with Gasteiger partial charge >= 0.3 is 5.91 Å². The Bertz CT molecular complexity index is 980. The van der Waals surface area contributed by atoms with Crippen LogP contribution >= 0.6 is 11.6 Å². The summed E-state index contributed by atoms with van der Waals surface area (Å²) in [7, 11) is 0. The average Bonchev–Trinajstić information content (AvgIpc) is 2.97. The summed E-state index contributed by atoms with van der Waals surface area (Å²) in [5.41, 5.74) is 1.17. The lowest BCUT2D eigenvalue weighted by molar-refractivity contribution is -0.120. The molecule has 0 fully saturated rings. The number of aryl methyl sites for hydroxylation is 1. The van der Waals surface area contributed by atoms with E-state index in [1.165, 1.54) is 0 Å². The smallest absolute Gasteiger partial charge is 0.302 e. The van der Waals surface area contributed by atoms with Crippen molar-refractivity contribution in [3.63, 3.8) is 0 Å². The summed E-state index contributed by atoms with van der Waals surface area (Å²) in [6.07, 6.45) is 3.12. The van der Waals surface area contributed by atoms with Crippen LogP contribution in [0.1, 0.15) is 26.2 Å². The number of halogens is 1. The second kappa shape index (κ2) is 9.37. The maximum absolute atomic E-state index is 12.0. The molecule has 7 heteroatoms. The van der Waals surface area contributed by atoms with Gasteiger partial charge in [0.05, 0.1) is 5.52 Å². The number of aromatic nitrogens is 1. The van der Waals surface area contributed by atoms with Crippen molar-refractivity contribution < 1.29 is 14.6 Å². The Morgan fingerprint density at radius 3 is 2.64 bits per heavy atom. The summed E-state index contributed by atoms with van der Waals surface area (Å²) in [5, 5.41) is 19.7. The molecule has 0 atom stereocenters. The van der Waals surface area contributed by atoms with E-state index < -0.39 is 5.91 Å². The van der Waals surface area contributed by atoms with Gasteiger partial charge in [0.25, 0.3) is 0 Å². The molecule has 1 amide bonds. The maximum Gasteiger partial charge on any atom is 0.302 e. The van der Waals surface area contributed by atoms with Crippen LogP contribution in [0.2, 0.25) is 5.02 Å². The van der Waals surface area contributed by atoms with Crippen molar-refractivity contribution in [2.75, 3.05) is 6.61 Å². The van der Waals surface area contributed by atoms with Crippen molar-refractivity contribution in [3.05, 3.63) is 53.6 Å². The van der Waals surface area contributed by atoms with Gasteiger partial charge in [-0.1, -0.05) is 49.6 Å². The number of carbonyl (C=O) groups is 1. The number of fused-ring (bicyclic) bond motifs is 1. The van der Waals surface area contributed by atoms with Gasteiger partial charge in [-0.2, -0.15) is 0 Å². The molecule has 0 aliphatic carbocycles. The molecule has 28 heavy (non-hydrogen) atoms. The summed E-state index contributed by atoms with van der Waals surface area (Å²) in [6.45, 7) is 2.56.